The van der Waals surface area contributed by atoms with Gasteiger partial charge in [0, 0.05) is 21.9 Å². The molecule has 1 saturated carbocycles. The molecular formula is C18H19NO2. The van der Waals surface area contributed by atoms with E-state index in [0.717, 1.165) is 35.1 Å². The van der Waals surface area contributed by atoms with Gasteiger partial charge in [-0.1, -0.05) is 43.8 Å². The number of hydrogen-bond acceptors (Lipinski definition) is 2. The van der Waals surface area contributed by atoms with E-state index in [1.54, 1.807) is 6.08 Å². The van der Waals surface area contributed by atoms with Gasteiger partial charge in [0.15, 0.2) is 0 Å². The van der Waals surface area contributed by atoms with Crippen LogP contribution in [0.25, 0.3) is 10.8 Å². The van der Waals surface area contributed by atoms with E-state index in [1.807, 2.05) is 43.3 Å². The van der Waals surface area contributed by atoms with E-state index in [0.29, 0.717) is 6.61 Å². The predicted octanol–water partition coefficient (Wildman–Crippen LogP) is 4.14. The van der Waals surface area contributed by atoms with Crippen LogP contribution in [0.2, 0.25) is 0 Å². The highest BCUT2D eigenvalue weighted by Gasteiger charge is 2.44. The van der Waals surface area contributed by atoms with E-state index in [4.69, 9.17) is 4.74 Å². The SMILES string of the molecule is C=CCOc1ccc(NC(=O)C2(C)CC2)c2ccccc12. The Morgan fingerprint density at radius 2 is 2.00 bits per heavy atom. The molecule has 2 aromatic rings. The molecule has 3 nitrogen and oxygen atoms in total. The van der Waals surface area contributed by atoms with Crippen molar-refractivity contribution in [2.45, 2.75) is 19.8 Å². The Morgan fingerprint density at radius 3 is 2.67 bits per heavy atom. The first kappa shape index (κ1) is 13.7. The number of anilines is 1. The normalized spacial score (nSPS) is 15.5. The summed E-state index contributed by atoms with van der Waals surface area (Å²) in [6.45, 7) is 6.14. The molecule has 0 spiro atoms. The Hall–Kier alpha value is -2.29. The highest BCUT2D eigenvalue weighted by molar-refractivity contribution is 6.06. The van der Waals surface area contributed by atoms with Gasteiger partial charge in [-0.3, -0.25) is 4.79 Å². The Labute approximate surface area is 124 Å². The zero-order chi connectivity index (χ0) is 14.9. The van der Waals surface area contributed by atoms with Crippen LogP contribution in [0.3, 0.4) is 0 Å². The Balaban J connectivity index is 1.96. The van der Waals surface area contributed by atoms with Gasteiger partial charge in [0.2, 0.25) is 5.91 Å². The number of carbonyl (C=O) groups excluding carboxylic acids is 1. The molecule has 3 rings (SSSR count). The molecular weight excluding hydrogens is 262 g/mol. The Bertz CT molecular complexity index is 701. The number of amides is 1. The van der Waals surface area contributed by atoms with E-state index in [9.17, 15) is 4.79 Å². The van der Waals surface area contributed by atoms with Crippen LogP contribution in [0.15, 0.2) is 49.1 Å². The molecule has 0 atom stereocenters. The molecule has 108 valence electrons. The smallest absolute Gasteiger partial charge is 0.230 e. The van der Waals surface area contributed by atoms with Crippen molar-refractivity contribution in [2.75, 3.05) is 11.9 Å². The first-order chi connectivity index (χ1) is 10.1. The lowest BCUT2D eigenvalue weighted by Crippen LogP contribution is -2.21. The minimum absolute atomic E-state index is 0.104. The van der Waals surface area contributed by atoms with Gasteiger partial charge in [0.1, 0.15) is 12.4 Å². The molecule has 0 saturated heterocycles. The number of hydrogen-bond donors (Lipinski definition) is 1. The molecule has 2 aromatic carbocycles. The highest BCUT2D eigenvalue weighted by Crippen LogP contribution is 2.46. The highest BCUT2D eigenvalue weighted by atomic mass is 16.5. The minimum Gasteiger partial charge on any atom is -0.489 e. The monoisotopic (exact) mass is 281 g/mol. The molecule has 0 heterocycles. The van der Waals surface area contributed by atoms with Crippen molar-refractivity contribution in [1.29, 1.82) is 0 Å². The molecule has 1 amide bonds. The zero-order valence-corrected chi connectivity index (χ0v) is 12.2. The fourth-order valence-electron chi connectivity index (χ4n) is 2.34. The predicted molar refractivity (Wildman–Crippen MR) is 85.6 cm³/mol. The lowest BCUT2D eigenvalue weighted by atomic mass is 10.1. The van der Waals surface area contributed by atoms with Crippen molar-refractivity contribution in [2.24, 2.45) is 5.41 Å². The lowest BCUT2D eigenvalue weighted by molar-refractivity contribution is -0.120. The zero-order valence-electron chi connectivity index (χ0n) is 12.2. The van der Waals surface area contributed by atoms with E-state index in [1.165, 1.54) is 0 Å². The third kappa shape index (κ3) is 2.64. The van der Waals surface area contributed by atoms with Crippen molar-refractivity contribution in [3.63, 3.8) is 0 Å². The van der Waals surface area contributed by atoms with E-state index in [-0.39, 0.29) is 11.3 Å². The largest absolute Gasteiger partial charge is 0.489 e. The third-order valence-electron chi connectivity index (χ3n) is 4.04. The number of ether oxygens (including phenoxy) is 1. The molecule has 0 aromatic heterocycles. The van der Waals surface area contributed by atoms with Gasteiger partial charge >= 0.3 is 0 Å². The van der Waals surface area contributed by atoms with Gasteiger partial charge < -0.3 is 10.1 Å². The van der Waals surface area contributed by atoms with Crippen molar-refractivity contribution in [3.05, 3.63) is 49.1 Å². The fraction of sp³-hybridized carbons (Fsp3) is 0.278. The summed E-state index contributed by atoms with van der Waals surface area (Å²) in [5.74, 6) is 0.911. The van der Waals surface area contributed by atoms with Gasteiger partial charge in [-0.05, 0) is 25.0 Å². The topological polar surface area (TPSA) is 38.3 Å². The molecule has 0 unspecified atom stereocenters. The average Bonchev–Trinajstić information content (AvgIpc) is 3.25. The second kappa shape index (κ2) is 5.24. The maximum Gasteiger partial charge on any atom is 0.230 e. The maximum absolute atomic E-state index is 12.2. The molecule has 0 radical (unpaired) electrons. The quantitative estimate of drug-likeness (QED) is 0.836. The van der Waals surface area contributed by atoms with Crippen LogP contribution < -0.4 is 10.1 Å². The van der Waals surface area contributed by atoms with Crippen molar-refractivity contribution in [3.8, 4) is 5.75 Å². The molecule has 21 heavy (non-hydrogen) atoms. The van der Waals surface area contributed by atoms with Crippen molar-refractivity contribution >= 4 is 22.4 Å². The van der Waals surface area contributed by atoms with Crippen LogP contribution in [0.4, 0.5) is 5.69 Å². The number of carbonyl (C=O) groups is 1. The summed E-state index contributed by atoms with van der Waals surface area (Å²) in [6.07, 6.45) is 3.66. The van der Waals surface area contributed by atoms with Crippen LogP contribution >= 0.6 is 0 Å². The van der Waals surface area contributed by atoms with Gasteiger partial charge in [-0.2, -0.15) is 0 Å². The average molecular weight is 281 g/mol. The van der Waals surface area contributed by atoms with E-state index < -0.39 is 0 Å². The summed E-state index contributed by atoms with van der Waals surface area (Å²) in [5, 5.41) is 5.05. The third-order valence-corrected chi connectivity index (χ3v) is 4.04. The number of rotatable bonds is 5. The van der Waals surface area contributed by atoms with Crippen LogP contribution in [0.5, 0.6) is 5.75 Å². The molecule has 3 heteroatoms. The van der Waals surface area contributed by atoms with Gasteiger partial charge in [-0.15, -0.1) is 0 Å². The van der Waals surface area contributed by atoms with Crippen LogP contribution in [0, 0.1) is 5.41 Å². The van der Waals surface area contributed by atoms with Gasteiger partial charge in [0.25, 0.3) is 0 Å². The fourth-order valence-corrected chi connectivity index (χ4v) is 2.34. The van der Waals surface area contributed by atoms with E-state index >= 15 is 0 Å². The lowest BCUT2D eigenvalue weighted by Gasteiger charge is -2.14. The van der Waals surface area contributed by atoms with Gasteiger partial charge in [-0.25, -0.2) is 0 Å². The molecule has 1 N–H and O–H groups in total. The maximum atomic E-state index is 12.2. The Morgan fingerprint density at radius 1 is 1.29 bits per heavy atom. The number of fused-ring (bicyclic) bond motifs is 1. The van der Waals surface area contributed by atoms with Gasteiger partial charge in [0.05, 0.1) is 0 Å². The molecule has 1 fully saturated rings. The standard InChI is InChI=1S/C18H19NO2/c1-3-12-21-16-9-8-15(13-6-4-5-7-14(13)16)19-17(20)18(2)10-11-18/h3-9H,1,10-12H2,2H3,(H,19,20). The summed E-state index contributed by atoms with van der Waals surface area (Å²) in [5.41, 5.74) is 0.661. The van der Waals surface area contributed by atoms with Crippen molar-refractivity contribution in [1.82, 2.24) is 0 Å². The first-order valence-corrected chi connectivity index (χ1v) is 7.21. The molecule has 0 bridgehead atoms. The molecule has 0 aliphatic heterocycles. The van der Waals surface area contributed by atoms with Crippen LogP contribution in [-0.4, -0.2) is 12.5 Å². The molecule has 1 aliphatic carbocycles. The number of benzene rings is 2. The summed E-state index contributed by atoms with van der Waals surface area (Å²) >= 11 is 0. The van der Waals surface area contributed by atoms with Crippen molar-refractivity contribution < 1.29 is 9.53 Å². The van der Waals surface area contributed by atoms with Crippen LogP contribution in [0.1, 0.15) is 19.8 Å². The second-order valence-electron chi connectivity index (χ2n) is 5.77. The summed E-state index contributed by atoms with van der Waals surface area (Å²) in [6, 6.07) is 11.7. The number of nitrogens with one attached hydrogen (secondary N) is 1. The summed E-state index contributed by atoms with van der Waals surface area (Å²) in [7, 11) is 0. The second-order valence-corrected chi connectivity index (χ2v) is 5.77. The van der Waals surface area contributed by atoms with E-state index in [2.05, 4.69) is 11.9 Å². The molecule has 1 aliphatic rings. The van der Waals surface area contributed by atoms with Crippen LogP contribution in [-0.2, 0) is 4.79 Å². The minimum atomic E-state index is -0.181. The first-order valence-electron chi connectivity index (χ1n) is 7.21. The summed E-state index contributed by atoms with van der Waals surface area (Å²) < 4.78 is 5.68. The summed E-state index contributed by atoms with van der Waals surface area (Å²) in [4.78, 5) is 12.2. The Kier molecular flexibility index (Phi) is 3.42.